The van der Waals surface area contributed by atoms with E-state index >= 15 is 0 Å². The maximum atomic E-state index is 8.78. The van der Waals surface area contributed by atoms with Crippen molar-refractivity contribution in [2.45, 2.75) is 0 Å². The van der Waals surface area contributed by atoms with Crippen molar-refractivity contribution < 1.29 is 0 Å². The van der Waals surface area contributed by atoms with E-state index in [1.807, 2.05) is 0 Å². The van der Waals surface area contributed by atoms with E-state index in [0.717, 1.165) is 0 Å². The Labute approximate surface area is 104 Å². The van der Waals surface area contributed by atoms with Crippen LogP contribution in [-0.2, 0) is 0 Å². The average molecular weight is 233 g/mol. The predicted octanol–water partition coefficient (Wildman–Crippen LogP) is 0.830. The van der Waals surface area contributed by atoms with Crippen LogP contribution < -0.4 is 15.8 Å². The van der Waals surface area contributed by atoms with Gasteiger partial charge in [0.25, 0.3) is 0 Å². The Bertz CT molecular complexity index is 728. The minimum Gasteiger partial charge on any atom is -0.388 e. The number of hydrogen-bond donors (Lipinski definition) is 1. The summed E-state index contributed by atoms with van der Waals surface area (Å²) >= 11 is 0. The number of nitrogens with one attached hydrogen (secondary N) is 1. The molecule has 1 aromatic carbocycles. The summed E-state index contributed by atoms with van der Waals surface area (Å²) in [6.07, 6.45) is 0. The molecule has 0 aliphatic rings. The highest BCUT2D eigenvalue weighted by Gasteiger charge is 2.08. The molecule has 1 rings (SSSR count). The summed E-state index contributed by atoms with van der Waals surface area (Å²) in [5, 5.41) is 21.3. The van der Waals surface area contributed by atoms with E-state index in [2.05, 4.69) is 15.0 Å². The van der Waals surface area contributed by atoms with Crippen LogP contribution in [0.2, 0.25) is 0 Å². The monoisotopic (exact) mass is 233 g/mol. The molecular weight excluding hydrogens is 226 g/mol. The van der Waals surface area contributed by atoms with Crippen LogP contribution in [0.15, 0.2) is 18.2 Å². The first kappa shape index (κ1) is 12.8. The van der Waals surface area contributed by atoms with Crippen molar-refractivity contribution in [1.29, 1.82) is 10.5 Å². The largest absolute Gasteiger partial charge is 0.528 e. The molecule has 0 amide bonds. The molecule has 1 aromatic rings. The first-order valence-corrected chi connectivity index (χ1v) is 4.83. The van der Waals surface area contributed by atoms with Gasteiger partial charge in [0.2, 0.25) is 0 Å². The molecule has 0 fully saturated rings. The minimum atomic E-state index is -0.0543. The van der Waals surface area contributed by atoms with Gasteiger partial charge < -0.3 is 5.32 Å². The van der Waals surface area contributed by atoms with Gasteiger partial charge in [-0.2, -0.15) is 20.2 Å². The van der Waals surface area contributed by atoms with Crippen molar-refractivity contribution in [2.75, 3.05) is 12.4 Å². The van der Waals surface area contributed by atoms with Crippen LogP contribution >= 0.6 is 0 Å². The van der Waals surface area contributed by atoms with E-state index in [1.165, 1.54) is 0 Å². The lowest BCUT2D eigenvalue weighted by Crippen LogP contribution is -2.16. The summed E-state index contributed by atoms with van der Waals surface area (Å²) < 4.78 is 0. The summed E-state index contributed by atoms with van der Waals surface area (Å²) in [6, 6.07) is 8.28. The Morgan fingerprint density at radius 1 is 1.22 bits per heavy atom. The van der Waals surface area contributed by atoms with Gasteiger partial charge in [0, 0.05) is 18.0 Å². The van der Waals surface area contributed by atoms with Gasteiger partial charge in [-0.25, -0.2) is 0 Å². The number of anilines is 1. The predicted molar refractivity (Wildman–Crippen MR) is 66.5 cm³/mol. The molecular formula is C13H7N5. The van der Waals surface area contributed by atoms with Crippen LogP contribution in [0.4, 0.5) is 5.69 Å². The number of rotatable bonds is 1. The van der Waals surface area contributed by atoms with E-state index in [4.69, 9.17) is 23.7 Å². The Kier molecular flexibility index (Phi) is 4.06. The SMILES string of the molecule is [C-]#[N+]C([N+]#[C-])=c1ccc(=C(C#N)C#N)cc1NC. The van der Waals surface area contributed by atoms with E-state index in [9.17, 15) is 0 Å². The van der Waals surface area contributed by atoms with Gasteiger partial charge in [-0.05, 0) is 6.07 Å². The number of nitriles is 2. The van der Waals surface area contributed by atoms with Gasteiger partial charge >= 0.3 is 5.82 Å². The molecule has 0 bridgehead atoms. The Morgan fingerprint density at radius 3 is 2.28 bits per heavy atom. The van der Waals surface area contributed by atoms with Crippen LogP contribution in [0.25, 0.3) is 21.1 Å². The van der Waals surface area contributed by atoms with Gasteiger partial charge in [0.15, 0.2) is 0 Å². The lowest BCUT2D eigenvalue weighted by molar-refractivity contribution is 1.42. The van der Waals surface area contributed by atoms with Crippen molar-refractivity contribution in [1.82, 2.24) is 0 Å². The second-order valence-electron chi connectivity index (χ2n) is 3.16. The highest BCUT2D eigenvalue weighted by Crippen LogP contribution is 2.02. The molecule has 0 aliphatic carbocycles. The quantitative estimate of drug-likeness (QED) is 0.730. The summed E-state index contributed by atoms with van der Waals surface area (Å²) in [4.78, 5) is 6.27. The number of hydrogen-bond acceptors (Lipinski definition) is 3. The second-order valence-corrected chi connectivity index (χ2v) is 3.16. The Hall–Kier alpha value is -3.28. The van der Waals surface area contributed by atoms with Crippen LogP contribution in [-0.4, -0.2) is 7.05 Å². The molecule has 1 N–H and O–H groups in total. The normalized spacial score (nSPS) is 8.06. The minimum absolute atomic E-state index is 0.00905. The third-order valence-corrected chi connectivity index (χ3v) is 2.25. The highest BCUT2D eigenvalue weighted by molar-refractivity contribution is 5.74. The number of nitrogens with zero attached hydrogens (tertiary/aromatic N) is 4. The summed E-state index contributed by atoms with van der Waals surface area (Å²) in [5.41, 5.74) is 0.530. The molecule has 0 spiro atoms. The van der Waals surface area contributed by atoms with Crippen LogP contribution in [0.1, 0.15) is 0 Å². The standard InChI is InChI=1S/C13H7N5/c1-16-12-6-9(10(7-14)8-15)4-5-11(12)13(17-2)18-3/h4-6,16H,1H3. The van der Waals surface area contributed by atoms with Crippen molar-refractivity contribution in [2.24, 2.45) is 0 Å². The van der Waals surface area contributed by atoms with Gasteiger partial charge in [0.05, 0.1) is 5.22 Å². The lowest BCUT2D eigenvalue weighted by Gasteiger charge is -1.99. The van der Waals surface area contributed by atoms with Crippen LogP contribution in [0, 0.1) is 35.8 Å². The average Bonchev–Trinajstić information content (AvgIpc) is 2.42. The van der Waals surface area contributed by atoms with Crippen LogP contribution in [0.5, 0.6) is 0 Å². The molecule has 0 saturated heterocycles. The maximum Gasteiger partial charge on any atom is 0.528 e. The molecule has 0 unspecified atom stereocenters. The highest BCUT2D eigenvalue weighted by atomic mass is 14.9. The van der Waals surface area contributed by atoms with Gasteiger partial charge in [-0.1, -0.05) is 12.1 Å². The molecule has 0 aromatic heterocycles. The fourth-order valence-electron chi connectivity index (χ4n) is 1.40. The molecule has 18 heavy (non-hydrogen) atoms. The first-order chi connectivity index (χ1) is 8.71. The molecule has 5 nitrogen and oxygen atoms in total. The summed E-state index contributed by atoms with van der Waals surface area (Å²) in [6.45, 7) is 13.8. The van der Waals surface area contributed by atoms with Gasteiger partial charge in [0.1, 0.15) is 30.9 Å². The number of benzene rings is 1. The second kappa shape index (κ2) is 5.71. The molecule has 0 aliphatic heterocycles. The van der Waals surface area contributed by atoms with Crippen LogP contribution in [0.3, 0.4) is 0 Å². The van der Waals surface area contributed by atoms with Crippen molar-refractivity contribution >= 4 is 17.1 Å². The fraction of sp³-hybridized carbons (Fsp3) is 0.0769. The smallest absolute Gasteiger partial charge is 0.388 e. The van der Waals surface area contributed by atoms with Gasteiger partial charge in [-0.3, -0.25) is 0 Å². The summed E-state index contributed by atoms with van der Waals surface area (Å²) in [7, 11) is 1.65. The lowest BCUT2D eigenvalue weighted by atomic mass is 10.1. The molecule has 84 valence electrons. The molecule has 0 saturated carbocycles. The molecule has 0 heterocycles. The Morgan fingerprint density at radius 2 is 1.83 bits per heavy atom. The third kappa shape index (κ3) is 2.27. The first-order valence-electron chi connectivity index (χ1n) is 4.83. The zero-order chi connectivity index (χ0) is 13.5. The maximum absolute atomic E-state index is 8.78. The topological polar surface area (TPSA) is 68.3 Å². The van der Waals surface area contributed by atoms with E-state index in [1.54, 1.807) is 37.4 Å². The fourth-order valence-corrected chi connectivity index (χ4v) is 1.40. The molecule has 0 radical (unpaired) electrons. The van der Waals surface area contributed by atoms with E-state index in [0.29, 0.717) is 16.1 Å². The van der Waals surface area contributed by atoms with Crippen molar-refractivity contribution in [3.63, 3.8) is 0 Å². The van der Waals surface area contributed by atoms with Crippen molar-refractivity contribution in [3.05, 3.63) is 51.5 Å². The molecule has 5 heteroatoms. The van der Waals surface area contributed by atoms with E-state index < -0.39 is 0 Å². The zero-order valence-corrected chi connectivity index (χ0v) is 9.52. The Balaban J connectivity index is 3.83. The van der Waals surface area contributed by atoms with E-state index in [-0.39, 0.29) is 11.4 Å². The molecule has 0 atom stereocenters. The third-order valence-electron chi connectivity index (χ3n) is 2.25. The van der Waals surface area contributed by atoms with Gasteiger partial charge in [-0.15, -0.1) is 0 Å². The zero-order valence-electron chi connectivity index (χ0n) is 9.52. The van der Waals surface area contributed by atoms with Crippen molar-refractivity contribution in [3.8, 4) is 12.1 Å². The summed E-state index contributed by atoms with van der Waals surface area (Å²) in [5.74, 6) is -0.0543.